The summed E-state index contributed by atoms with van der Waals surface area (Å²) in [5.41, 5.74) is 2.51. The molecular weight excluding hydrogens is 402 g/mol. The van der Waals surface area contributed by atoms with E-state index in [9.17, 15) is 22.4 Å². The van der Waals surface area contributed by atoms with E-state index in [1.54, 1.807) is 11.7 Å². The number of hydrogen-bond acceptors (Lipinski definition) is 3. The zero-order chi connectivity index (χ0) is 22.0. The summed E-state index contributed by atoms with van der Waals surface area (Å²) in [4.78, 5) is 12.4. The molecule has 30 heavy (non-hydrogen) atoms. The van der Waals surface area contributed by atoms with Crippen molar-refractivity contribution in [3.8, 4) is 5.75 Å². The summed E-state index contributed by atoms with van der Waals surface area (Å²) in [6.07, 6.45) is 1.83. The summed E-state index contributed by atoms with van der Waals surface area (Å²) in [5, 5.41) is 7.11. The Morgan fingerprint density at radius 2 is 1.73 bits per heavy atom. The van der Waals surface area contributed by atoms with Crippen LogP contribution in [0.5, 0.6) is 5.75 Å². The van der Waals surface area contributed by atoms with E-state index in [0.717, 1.165) is 11.3 Å². The molecule has 158 valence electrons. The van der Waals surface area contributed by atoms with Crippen molar-refractivity contribution >= 4 is 5.91 Å². The second-order valence-electron chi connectivity index (χ2n) is 6.82. The van der Waals surface area contributed by atoms with Crippen molar-refractivity contribution in [3.05, 3.63) is 82.2 Å². The van der Waals surface area contributed by atoms with Gasteiger partial charge in [-0.05, 0) is 31.5 Å². The minimum Gasteiger partial charge on any atom is -0.483 e. The largest absolute Gasteiger partial charge is 0.483 e. The zero-order valence-electron chi connectivity index (χ0n) is 16.5. The molecule has 1 aromatic heterocycles. The summed E-state index contributed by atoms with van der Waals surface area (Å²) in [6, 6.07) is 5.90. The van der Waals surface area contributed by atoms with Gasteiger partial charge >= 0.3 is 0 Å². The Kier molecular flexibility index (Phi) is 6.09. The molecule has 0 saturated carbocycles. The maximum Gasteiger partial charge on any atom is 0.251 e. The average molecular weight is 421 g/mol. The number of ether oxygens (including phenoxy) is 1. The van der Waals surface area contributed by atoms with Crippen LogP contribution in [0.4, 0.5) is 17.6 Å². The van der Waals surface area contributed by atoms with Crippen molar-refractivity contribution in [1.82, 2.24) is 15.1 Å². The second kappa shape index (κ2) is 8.56. The number of hydrogen-bond donors (Lipinski definition) is 1. The van der Waals surface area contributed by atoms with Crippen LogP contribution in [-0.4, -0.2) is 15.7 Å². The van der Waals surface area contributed by atoms with Gasteiger partial charge in [0.2, 0.25) is 11.6 Å². The second-order valence-corrected chi connectivity index (χ2v) is 6.82. The van der Waals surface area contributed by atoms with Crippen LogP contribution in [0.2, 0.25) is 0 Å². The third-order valence-corrected chi connectivity index (χ3v) is 4.54. The van der Waals surface area contributed by atoms with Gasteiger partial charge in [0.15, 0.2) is 17.4 Å². The molecule has 0 aliphatic heterocycles. The molecule has 2 aromatic carbocycles. The lowest BCUT2D eigenvalue weighted by molar-refractivity contribution is 0.0939. The van der Waals surface area contributed by atoms with Crippen molar-refractivity contribution in [3.63, 3.8) is 0 Å². The smallest absolute Gasteiger partial charge is 0.251 e. The third-order valence-electron chi connectivity index (χ3n) is 4.54. The molecule has 1 N–H and O–H groups in total. The van der Waals surface area contributed by atoms with Crippen LogP contribution in [0, 0.1) is 30.2 Å². The molecule has 1 heterocycles. The Bertz CT molecular complexity index is 1050. The minimum atomic E-state index is -1.61. The number of nitrogens with one attached hydrogen (secondary N) is 1. The van der Waals surface area contributed by atoms with E-state index in [4.69, 9.17) is 4.74 Å². The molecule has 1 amide bonds. The van der Waals surface area contributed by atoms with E-state index in [-0.39, 0.29) is 24.6 Å². The predicted molar refractivity (Wildman–Crippen MR) is 101 cm³/mol. The van der Waals surface area contributed by atoms with Crippen molar-refractivity contribution in [2.75, 3.05) is 0 Å². The number of rotatable bonds is 6. The highest BCUT2D eigenvalue weighted by atomic mass is 19.2. The van der Waals surface area contributed by atoms with Gasteiger partial charge in [-0.3, -0.25) is 9.48 Å². The quantitative estimate of drug-likeness (QED) is 0.476. The van der Waals surface area contributed by atoms with Gasteiger partial charge < -0.3 is 10.1 Å². The summed E-state index contributed by atoms with van der Waals surface area (Å²) < 4.78 is 60.3. The van der Waals surface area contributed by atoms with E-state index in [0.29, 0.717) is 11.1 Å². The standard InChI is InChI=1S/C21H19F4N3O2/c1-11(15-9-28(3)27-12(15)2)26-21(29)14-6-4-13(5-7-14)10-30-20-18(24)16(22)8-17(23)19(20)25/h4-9,11H,10H2,1-3H3,(H,26,29). The first kappa shape index (κ1) is 21.4. The summed E-state index contributed by atoms with van der Waals surface area (Å²) >= 11 is 0. The van der Waals surface area contributed by atoms with Crippen LogP contribution in [-0.2, 0) is 13.7 Å². The van der Waals surface area contributed by atoms with Crippen molar-refractivity contribution in [2.24, 2.45) is 7.05 Å². The summed E-state index contributed by atoms with van der Waals surface area (Å²) in [7, 11) is 1.79. The fourth-order valence-corrected chi connectivity index (χ4v) is 2.99. The monoisotopic (exact) mass is 421 g/mol. The van der Waals surface area contributed by atoms with Gasteiger partial charge in [0, 0.05) is 30.4 Å². The van der Waals surface area contributed by atoms with Gasteiger partial charge in [-0.15, -0.1) is 0 Å². The van der Waals surface area contributed by atoms with E-state index in [1.165, 1.54) is 24.3 Å². The Hall–Kier alpha value is -3.36. The van der Waals surface area contributed by atoms with Gasteiger partial charge in [0.1, 0.15) is 6.61 Å². The number of aryl methyl sites for hydroxylation is 2. The number of nitrogens with zero attached hydrogens (tertiary/aromatic N) is 2. The Balaban J connectivity index is 1.65. The van der Waals surface area contributed by atoms with Gasteiger partial charge in [0.25, 0.3) is 5.91 Å². The average Bonchev–Trinajstić information content (AvgIpc) is 3.05. The number of carbonyl (C=O) groups is 1. The molecule has 0 fully saturated rings. The molecule has 1 unspecified atom stereocenters. The number of amides is 1. The molecule has 1 atom stereocenters. The highest BCUT2D eigenvalue weighted by molar-refractivity contribution is 5.94. The Labute approximate surface area is 170 Å². The molecule has 0 radical (unpaired) electrons. The number of aromatic nitrogens is 2. The highest BCUT2D eigenvalue weighted by Crippen LogP contribution is 2.27. The maximum absolute atomic E-state index is 13.6. The molecule has 0 bridgehead atoms. The minimum absolute atomic E-state index is 0.110. The van der Waals surface area contributed by atoms with Gasteiger partial charge in [-0.2, -0.15) is 13.9 Å². The maximum atomic E-state index is 13.6. The molecule has 3 aromatic rings. The number of benzene rings is 2. The SMILES string of the molecule is Cc1nn(C)cc1C(C)NC(=O)c1ccc(COc2c(F)c(F)cc(F)c2F)cc1. The highest BCUT2D eigenvalue weighted by Gasteiger charge is 2.21. The Morgan fingerprint density at radius 1 is 1.13 bits per heavy atom. The summed E-state index contributed by atoms with van der Waals surface area (Å²) in [5.74, 6) is -7.76. The van der Waals surface area contributed by atoms with Crippen LogP contribution in [0.3, 0.4) is 0 Å². The molecule has 0 aliphatic rings. The van der Waals surface area contributed by atoms with Gasteiger partial charge in [-0.25, -0.2) is 8.78 Å². The first-order chi connectivity index (χ1) is 14.2. The third kappa shape index (κ3) is 4.45. The van der Waals surface area contributed by atoms with Crippen LogP contribution in [0.15, 0.2) is 36.5 Å². The van der Waals surface area contributed by atoms with Crippen LogP contribution < -0.4 is 10.1 Å². The van der Waals surface area contributed by atoms with Crippen molar-refractivity contribution < 1.29 is 27.1 Å². The molecule has 0 aliphatic carbocycles. The molecule has 9 heteroatoms. The fourth-order valence-electron chi connectivity index (χ4n) is 2.99. The van der Waals surface area contributed by atoms with Crippen LogP contribution in [0.25, 0.3) is 0 Å². The van der Waals surface area contributed by atoms with E-state index in [2.05, 4.69) is 10.4 Å². The van der Waals surface area contributed by atoms with Gasteiger partial charge in [-0.1, -0.05) is 12.1 Å². The van der Waals surface area contributed by atoms with Crippen LogP contribution >= 0.6 is 0 Å². The Morgan fingerprint density at radius 3 is 2.27 bits per heavy atom. The first-order valence-electron chi connectivity index (χ1n) is 9.03. The molecule has 5 nitrogen and oxygen atoms in total. The lowest BCUT2D eigenvalue weighted by Crippen LogP contribution is -2.26. The normalized spacial score (nSPS) is 12.0. The van der Waals surface area contributed by atoms with Crippen molar-refractivity contribution in [2.45, 2.75) is 26.5 Å². The predicted octanol–water partition coefficient (Wildman–Crippen LogP) is 4.35. The van der Waals surface area contributed by atoms with Crippen molar-refractivity contribution in [1.29, 1.82) is 0 Å². The first-order valence-corrected chi connectivity index (χ1v) is 9.03. The lowest BCUT2D eigenvalue weighted by Gasteiger charge is -2.14. The zero-order valence-corrected chi connectivity index (χ0v) is 16.5. The van der Waals surface area contributed by atoms with E-state index < -0.39 is 29.0 Å². The summed E-state index contributed by atoms with van der Waals surface area (Å²) in [6.45, 7) is 3.35. The molecule has 3 rings (SSSR count). The molecule has 0 spiro atoms. The van der Waals surface area contributed by atoms with E-state index >= 15 is 0 Å². The molecule has 0 saturated heterocycles. The van der Waals surface area contributed by atoms with Gasteiger partial charge in [0.05, 0.1) is 11.7 Å². The number of halogens is 4. The number of carbonyl (C=O) groups excluding carboxylic acids is 1. The van der Waals surface area contributed by atoms with Crippen LogP contribution in [0.1, 0.15) is 40.1 Å². The fraction of sp³-hybridized carbons (Fsp3) is 0.238. The molecular formula is C21H19F4N3O2. The topological polar surface area (TPSA) is 56.2 Å². The lowest BCUT2D eigenvalue weighted by atomic mass is 10.1. The van der Waals surface area contributed by atoms with E-state index in [1.807, 2.05) is 20.0 Å².